The SMILES string of the molecule is C=N/C(NC1(C)CC1)=C(/C(C(=O)N1CCN(c2ccc(S(C)(=O)=O)cc2F)CC1C)=C(C)C)C(C)C. The van der Waals surface area contributed by atoms with Gasteiger partial charge in [-0.15, -0.1) is 0 Å². The lowest BCUT2D eigenvalue weighted by Crippen LogP contribution is -2.55. The van der Waals surface area contributed by atoms with Crippen LogP contribution in [0.4, 0.5) is 10.1 Å². The molecule has 0 spiro atoms. The van der Waals surface area contributed by atoms with Gasteiger partial charge in [0.2, 0.25) is 0 Å². The smallest absolute Gasteiger partial charge is 0.254 e. The van der Waals surface area contributed by atoms with Gasteiger partial charge in [0.15, 0.2) is 9.84 Å². The molecule has 9 heteroatoms. The van der Waals surface area contributed by atoms with Gasteiger partial charge in [0, 0.05) is 48.6 Å². The van der Waals surface area contributed by atoms with Gasteiger partial charge in [0.05, 0.1) is 10.6 Å². The molecule has 1 heterocycles. The molecule has 1 aromatic rings. The summed E-state index contributed by atoms with van der Waals surface area (Å²) in [5.41, 5.74) is 2.74. The molecule has 1 aromatic carbocycles. The Labute approximate surface area is 215 Å². The maximum absolute atomic E-state index is 14.8. The highest BCUT2D eigenvalue weighted by Crippen LogP contribution is 2.38. The monoisotopic (exact) mass is 518 g/mol. The van der Waals surface area contributed by atoms with Crippen LogP contribution in [0.2, 0.25) is 0 Å². The van der Waals surface area contributed by atoms with E-state index in [4.69, 9.17) is 0 Å². The molecule has 198 valence electrons. The van der Waals surface area contributed by atoms with Gasteiger partial charge >= 0.3 is 0 Å². The van der Waals surface area contributed by atoms with Crippen molar-refractivity contribution in [1.29, 1.82) is 0 Å². The maximum atomic E-state index is 14.8. The second-order valence-electron chi connectivity index (χ2n) is 10.8. The summed E-state index contributed by atoms with van der Waals surface area (Å²) in [4.78, 5) is 21.9. The minimum Gasteiger partial charge on any atom is -0.365 e. The van der Waals surface area contributed by atoms with Gasteiger partial charge in [-0.3, -0.25) is 4.79 Å². The number of piperazine rings is 1. The summed E-state index contributed by atoms with van der Waals surface area (Å²) < 4.78 is 38.4. The first-order valence-electron chi connectivity index (χ1n) is 12.4. The summed E-state index contributed by atoms with van der Waals surface area (Å²) in [5.74, 6) is 0.0611. The summed E-state index contributed by atoms with van der Waals surface area (Å²) in [6.45, 7) is 17.1. The molecule has 7 nitrogen and oxygen atoms in total. The molecule has 2 aliphatic rings. The van der Waals surface area contributed by atoms with Gasteiger partial charge in [0.1, 0.15) is 11.6 Å². The van der Waals surface area contributed by atoms with Crippen LogP contribution in [0.3, 0.4) is 0 Å². The molecule has 36 heavy (non-hydrogen) atoms. The summed E-state index contributed by atoms with van der Waals surface area (Å²) in [7, 11) is -3.49. The standard InChI is InChI=1S/C27H39FN4O3S/c1-17(2)23(25(29-7)30-27(6)11-12-27)24(18(3)4)26(33)32-14-13-31(16-19(32)5)22-10-9-20(15-21(22)28)36(8,34)35/h9-10,15,17,19,30H,7,11-14,16H2,1-6,8H3/b25-23-. The normalized spacial score (nSPS) is 20.1. The molecule has 1 unspecified atom stereocenters. The third-order valence-electron chi connectivity index (χ3n) is 6.97. The fourth-order valence-electron chi connectivity index (χ4n) is 4.67. The minimum absolute atomic E-state index is 0.0118. The van der Waals surface area contributed by atoms with Gasteiger partial charge < -0.3 is 15.1 Å². The number of amides is 1. The van der Waals surface area contributed by atoms with E-state index in [-0.39, 0.29) is 28.3 Å². The molecule has 1 N–H and O–H groups in total. The van der Waals surface area contributed by atoms with E-state index < -0.39 is 15.7 Å². The van der Waals surface area contributed by atoms with Crippen molar-refractivity contribution >= 4 is 28.1 Å². The Hall–Kier alpha value is -2.68. The molecule has 2 fully saturated rings. The topological polar surface area (TPSA) is 82.1 Å². The molecule has 0 bridgehead atoms. The number of nitrogens with zero attached hydrogens (tertiary/aromatic N) is 3. The lowest BCUT2D eigenvalue weighted by Gasteiger charge is -2.42. The van der Waals surface area contributed by atoms with Gasteiger partial charge in [-0.05, 0) is 71.4 Å². The zero-order valence-electron chi connectivity index (χ0n) is 22.5. The lowest BCUT2D eigenvalue weighted by molar-refractivity contribution is -0.129. The van der Waals surface area contributed by atoms with Crippen LogP contribution in [0.5, 0.6) is 0 Å². The molecule has 3 rings (SSSR count). The number of aliphatic imine (C=N–C) groups is 1. The average molecular weight is 519 g/mol. The fourth-order valence-corrected chi connectivity index (χ4v) is 5.30. The number of carbonyl (C=O) groups excluding carboxylic acids is 1. The van der Waals surface area contributed by atoms with E-state index >= 15 is 0 Å². The zero-order chi connectivity index (χ0) is 27.0. The van der Waals surface area contributed by atoms with Gasteiger partial charge in [-0.2, -0.15) is 0 Å². The highest BCUT2D eigenvalue weighted by Gasteiger charge is 2.39. The molecule has 1 aliphatic carbocycles. The van der Waals surface area contributed by atoms with Crippen molar-refractivity contribution in [2.45, 2.75) is 70.9 Å². The Morgan fingerprint density at radius 1 is 1.25 bits per heavy atom. The van der Waals surface area contributed by atoms with Crippen LogP contribution in [0.15, 0.2) is 50.6 Å². The van der Waals surface area contributed by atoms with Crippen molar-refractivity contribution in [2.75, 3.05) is 30.8 Å². The number of rotatable bonds is 8. The van der Waals surface area contributed by atoms with Crippen LogP contribution in [-0.4, -0.2) is 63.4 Å². The maximum Gasteiger partial charge on any atom is 0.254 e. The number of sulfone groups is 1. The third kappa shape index (κ3) is 5.99. The molecule has 1 amide bonds. The van der Waals surface area contributed by atoms with E-state index in [1.54, 1.807) is 0 Å². The second kappa shape index (κ2) is 10.4. The lowest BCUT2D eigenvalue weighted by atomic mass is 9.90. The summed E-state index contributed by atoms with van der Waals surface area (Å²) in [6.07, 6.45) is 3.16. The Balaban J connectivity index is 1.87. The number of benzene rings is 1. The quantitative estimate of drug-likeness (QED) is 0.315. The van der Waals surface area contributed by atoms with Crippen molar-refractivity contribution in [1.82, 2.24) is 10.2 Å². The highest BCUT2D eigenvalue weighted by atomic mass is 32.2. The second-order valence-corrected chi connectivity index (χ2v) is 12.8. The van der Waals surface area contributed by atoms with Crippen LogP contribution in [0, 0.1) is 11.7 Å². The van der Waals surface area contributed by atoms with E-state index in [0.717, 1.165) is 36.3 Å². The van der Waals surface area contributed by atoms with Crippen LogP contribution in [-0.2, 0) is 14.6 Å². The Morgan fingerprint density at radius 2 is 1.89 bits per heavy atom. The fraction of sp³-hybridized carbons (Fsp3) is 0.556. The number of halogens is 1. The number of nitrogens with one attached hydrogen (secondary N) is 1. The summed E-state index contributed by atoms with van der Waals surface area (Å²) in [5, 5.41) is 3.51. The zero-order valence-corrected chi connectivity index (χ0v) is 23.3. The Kier molecular flexibility index (Phi) is 8.03. The van der Waals surface area contributed by atoms with Crippen molar-refractivity contribution in [3.8, 4) is 0 Å². The number of hydrogen-bond acceptors (Lipinski definition) is 6. The van der Waals surface area contributed by atoms with Crippen molar-refractivity contribution < 1.29 is 17.6 Å². The largest absolute Gasteiger partial charge is 0.365 e. The molecular formula is C27H39FN4O3S. The van der Waals surface area contributed by atoms with E-state index in [1.807, 2.05) is 30.6 Å². The van der Waals surface area contributed by atoms with Crippen molar-refractivity contribution in [2.24, 2.45) is 10.9 Å². The van der Waals surface area contributed by atoms with Crippen LogP contribution in [0.1, 0.15) is 54.4 Å². The predicted octanol–water partition coefficient (Wildman–Crippen LogP) is 4.31. The molecule has 1 aliphatic heterocycles. The number of anilines is 1. The number of hydrogen-bond donors (Lipinski definition) is 1. The molecular weight excluding hydrogens is 479 g/mol. The van der Waals surface area contributed by atoms with Crippen LogP contribution in [0.25, 0.3) is 0 Å². The van der Waals surface area contributed by atoms with Gasteiger partial charge in [0.25, 0.3) is 5.91 Å². The molecule has 0 aromatic heterocycles. The van der Waals surface area contributed by atoms with E-state index in [1.165, 1.54) is 12.1 Å². The van der Waals surface area contributed by atoms with Gasteiger partial charge in [-0.25, -0.2) is 17.8 Å². The molecule has 1 atom stereocenters. The van der Waals surface area contributed by atoms with E-state index in [9.17, 15) is 17.6 Å². The number of carbonyl (C=O) groups is 1. The first kappa shape index (κ1) is 27.9. The first-order valence-corrected chi connectivity index (χ1v) is 14.3. The molecule has 1 saturated carbocycles. The summed E-state index contributed by atoms with van der Waals surface area (Å²) >= 11 is 0. The van der Waals surface area contributed by atoms with E-state index in [0.29, 0.717) is 36.7 Å². The Bertz CT molecular complexity index is 1210. The summed E-state index contributed by atoms with van der Waals surface area (Å²) in [6, 6.07) is 3.81. The number of allylic oxidation sites excluding steroid dienone is 1. The third-order valence-corrected chi connectivity index (χ3v) is 8.08. The van der Waals surface area contributed by atoms with Crippen molar-refractivity contribution in [3.05, 3.63) is 46.6 Å². The minimum atomic E-state index is -3.49. The average Bonchev–Trinajstić information content (AvgIpc) is 3.51. The molecule has 1 saturated heterocycles. The van der Waals surface area contributed by atoms with Gasteiger partial charge in [-0.1, -0.05) is 19.4 Å². The van der Waals surface area contributed by atoms with Crippen LogP contribution < -0.4 is 10.2 Å². The van der Waals surface area contributed by atoms with Crippen molar-refractivity contribution in [3.63, 3.8) is 0 Å². The van der Waals surface area contributed by atoms with E-state index in [2.05, 4.69) is 37.8 Å². The molecule has 0 radical (unpaired) electrons. The Morgan fingerprint density at radius 3 is 2.33 bits per heavy atom. The van der Waals surface area contributed by atoms with Crippen LogP contribution >= 0.6 is 0 Å². The first-order chi connectivity index (χ1) is 16.7. The predicted molar refractivity (Wildman–Crippen MR) is 143 cm³/mol. The highest BCUT2D eigenvalue weighted by molar-refractivity contribution is 7.90.